The number of nitrogens with zero attached hydrogens (tertiary/aromatic N) is 2. The molecule has 0 aliphatic carbocycles. The van der Waals surface area contributed by atoms with Gasteiger partial charge in [-0.25, -0.2) is 0 Å². The van der Waals surface area contributed by atoms with Crippen LogP contribution in [0.4, 0.5) is 34.1 Å². The van der Waals surface area contributed by atoms with Gasteiger partial charge >= 0.3 is 0 Å². The number of rotatable bonds is 4. The minimum Gasteiger partial charge on any atom is -0.308 e. The SMILES string of the molecule is c1ccc2c(c1)Sc1ccccc1N2c1ccc2c(-c3ccc4ccccc4c3)c3ccc(N4c5ccccc5Sc5ccccc54)cc3c(-c3ccc4ccccc4c3)c2c1. The Labute approximate surface area is 368 Å². The van der Waals surface area contributed by atoms with Crippen molar-refractivity contribution < 1.29 is 0 Å². The minimum absolute atomic E-state index is 1.13. The molecular weight excluding hydrogens is 789 g/mol. The lowest BCUT2D eigenvalue weighted by atomic mass is 9.84. The van der Waals surface area contributed by atoms with Crippen LogP contribution in [0.15, 0.2) is 238 Å². The van der Waals surface area contributed by atoms with Crippen LogP contribution in [0.1, 0.15) is 0 Å². The van der Waals surface area contributed by atoms with Crippen molar-refractivity contribution in [3.05, 3.63) is 218 Å². The second-order valence-electron chi connectivity index (χ2n) is 16.1. The van der Waals surface area contributed by atoms with Crippen LogP contribution in [0.2, 0.25) is 0 Å². The number of fused-ring (bicyclic) bond motifs is 8. The first-order valence-corrected chi connectivity index (χ1v) is 22.7. The molecule has 62 heavy (non-hydrogen) atoms. The molecule has 2 heterocycles. The van der Waals surface area contributed by atoms with Crippen LogP contribution in [0, 0.1) is 0 Å². The molecule has 0 saturated carbocycles. The molecule has 0 saturated heterocycles. The van der Waals surface area contributed by atoms with E-state index in [9.17, 15) is 0 Å². The number of hydrogen-bond donors (Lipinski definition) is 0. The Kier molecular flexibility index (Phi) is 8.12. The molecule has 0 atom stereocenters. The molecule has 2 aliphatic heterocycles. The molecule has 13 rings (SSSR count). The van der Waals surface area contributed by atoms with Gasteiger partial charge in [0, 0.05) is 31.0 Å². The van der Waals surface area contributed by atoms with E-state index in [1.54, 1.807) is 0 Å². The number of benzene rings is 11. The molecule has 0 N–H and O–H groups in total. The van der Waals surface area contributed by atoms with Gasteiger partial charge in [-0.1, -0.05) is 157 Å². The molecule has 0 radical (unpaired) electrons. The van der Waals surface area contributed by atoms with E-state index in [0.29, 0.717) is 0 Å². The summed E-state index contributed by atoms with van der Waals surface area (Å²) in [6, 6.07) is 81.0. The predicted molar refractivity (Wildman–Crippen MR) is 265 cm³/mol. The summed E-state index contributed by atoms with van der Waals surface area (Å²) in [7, 11) is 0. The van der Waals surface area contributed by atoms with Gasteiger partial charge in [-0.2, -0.15) is 0 Å². The van der Waals surface area contributed by atoms with E-state index in [0.717, 1.165) is 11.4 Å². The first-order chi connectivity index (χ1) is 30.7. The smallest absolute Gasteiger partial charge is 0.0601 e. The molecule has 2 aliphatic rings. The van der Waals surface area contributed by atoms with Crippen molar-refractivity contribution in [1.29, 1.82) is 0 Å². The number of para-hydroxylation sites is 4. The van der Waals surface area contributed by atoms with Crippen LogP contribution in [-0.2, 0) is 0 Å². The lowest BCUT2D eigenvalue weighted by Crippen LogP contribution is -2.15. The summed E-state index contributed by atoms with van der Waals surface area (Å²) in [4.78, 5) is 9.92. The summed E-state index contributed by atoms with van der Waals surface area (Å²) in [5.74, 6) is 0. The fraction of sp³-hybridized carbons (Fsp3) is 0. The molecule has 290 valence electrons. The van der Waals surface area contributed by atoms with Gasteiger partial charge in [0.15, 0.2) is 0 Å². The molecule has 11 aromatic rings. The zero-order valence-corrected chi connectivity index (χ0v) is 35.1. The van der Waals surface area contributed by atoms with E-state index in [-0.39, 0.29) is 0 Å². The molecule has 0 fully saturated rings. The van der Waals surface area contributed by atoms with Gasteiger partial charge in [-0.15, -0.1) is 0 Å². The fourth-order valence-corrected chi connectivity index (χ4v) is 11.9. The van der Waals surface area contributed by atoms with Crippen molar-refractivity contribution >= 4 is 101 Å². The summed E-state index contributed by atoms with van der Waals surface area (Å²) in [6.45, 7) is 0. The zero-order chi connectivity index (χ0) is 40.7. The lowest BCUT2D eigenvalue weighted by Gasteiger charge is -2.34. The Morgan fingerprint density at radius 2 is 0.597 bits per heavy atom. The Balaban J connectivity index is 1.16. The summed E-state index contributed by atoms with van der Waals surface area (Å²) in [5, 5.41) is 9.82. The van der Waals surface area contributed by atoms with E-state index in [1.807, 2.05) is 23.5 Å². The summed E-state index contributed by atoms with van der Waals surface area (Å²) in [5.41, 5.74) is 11.9. The van der Waals surface area contributed by atoms with E-state index in [4.69, 9.17) is 0 Å². The van der Waals surface area contributed by atoms with Crippen LogP contribution in [0.5, 0.6) is 0 Å². The molecule has 0 spiro atoms. The second-order valence-corrected chi connectivity index (χ2v) is 18.2. The molecule has 11 aromatic carbocycles. The highest BCUT2D eigenvalue weighted by atomic mass is 32.2. The third-order valence-electron chi connectivity index (χ3n) is 12.5. The monoisotopic (exact) mass is 824 g/mol. The van der Waals surface area contributed by atoms with Crippen molar-refractivity contribution in [2.75, 3.05) is 9.80 Å². The van der Waals surface area contributed by atoms with Crippen LogP contribution in [0.3, 0.4) is 0 Å². The van der Waals surface area contributed by atoms with Gasteiger partial charge in [-0.3, -0.25) is 0 Å². The standard InChI is InChI=1S/C58H36N2S2/c1-3-15-39-33-41(27-25-37(39)13-1)57-45-31-29-43(59-49-17-5-9-21-53(49)61-54-22-10-6-18-50(54)59)35-47(45)58(42-28-26-38-14-2-4-16-40(38)34-42)48-36-44(30-32-46(48)57)60-51-19-7-11-23-55(51)62-56-24-12-8-20-52(56)60/h1-36H. The Morgan fingerprint density at radius 3 is 1.00 bits per heavy atom. The van der Waals surface area contributed by atoms with Crippen molar-refractivity contribution in [3.63, 3.8) is 0 Å². The Hall–Kier alpha value is -7.24. The molecular formula is C58H36N2S2. The quantitative estimate of drug-likeness (QED) is 0.163. The topological polar surface area (TPSA) is 6.48 Å². The molecule has 2 nitrogen and oxygen atoms in total. The third-order valence-corrected chi connectivity index (χ3v) is 14.8. The van der Waals surface area contributed by atoms with E-state index in [2.05, 4.69) is 228 Å². The summed E-state index contributed by atoms with van der Waals surface area (Å²) in [6.07, 6.45) is 0. The van der Waals surface area contributed by atoms with Crippen LogP contribution in [-0.4, -0.2) is 0 Å². The van der Waals surface area contributed by atoms with Crippen molar-refractivity contribution in [3.8, 4) is 22.3 Å². The normalized spacial score (nSPS) is 13.0. The fourth-order valence-electron chi connectivity index (χ4n) is 9.76. The van der Waals surface area contributed by atoms with Gasteiger partial charge in [0.1, 0.15) is 0 Å². The van der Waals surface area contributed by atoms with Gasteiger partial charge in [0.2, 0.25) is 0 Å². The van der Waals surface area contributed by atoms with E-state index < -0.39 is 0 Å². The lowest BCUT2D eigenvalue weighted by molar-refractivity contribution is 1.17. The maximum atomic E-state index is 2.46. The van der Waals surface area contributed by atoms with E-state index in [1.165, 1.54) is 108 Å². The molecule has 0 amide bonds. The van der Waals surface area contributed by atoms with Crippen molar-refractivity contribution in [2.45, 2.75) is 19.6 Å². The zero-order valence-electron chi connectivity index (χ0n) is 33.5. The third kappa shape index (κ3) is 5.61. The first kappa shape index (κ1) is 35.5. The summed E-state index contributed by atoms with van der Waals surface area (Å²) >= 11 is 3.69. The first-order valence-electron chi connectivity index (χ1n) is 21.1. The van der Waals surface area contributed by atoms with Crippen molar-refractivity contribution in [2.24, 2.45) is 0 Å². The van der Waals surface area contributed by atoms with Crippen LogP contribution in [0.25, 0.3) is 65.3 Å². The molecule has 0 bridgehead atoms. The highest BCUT2D eigenvalue weighted by Gasteiger charge is 2.28. The Bertz CT molecular complexity index is 3380. The molecule has 4 heteroatoms. The summed E-state index contributed by atoms with van der Waals surface area (Å²) < 4.78 is 0. The van der Waals surface area contributed by atoms with Crippen LogP contribution < -0.4 is 9.80 Å². The molecule has 0 unspecified atom stereocenters. The Morgan fingerprint density at radius 1 is 0.258 bits per heavy atom. The minimum atomic E-state index is 1.13. The van der Waals surface area contributed by atoms with Gasteiger partial charge < -0.3 is 9.80 Å². The average Bonchev–Trinajstić information content (AvgIpc) is 3.33. The highest BCUT2D eigenvalue weighted by Crippen LogP contribution is 2.55. The largest absolute Gasteiger partial charge is 0.308 e. The predicted octanol–water partition coefficient (Wildman–Crippen LogP) is 17.5. The van der Waals surface area contributed by atoms with Gasteiger partial charge in [-0.05, 0) is 150 Å². The number of hydrogen-bond acceptors (Lipinski definition) is 4. The second kappa shape index (κ2) is 14.2. The number of anilines is 6. The van der Waals surface area contributed by atoms with Gasteiger partial charge in [0.25, 0.3) is 0 Å². The van der Waals surface area contributed by atoms with Crippen molar-refractivity contribution in [1.82, 2.24) is 0 Å². The van der Waals surface area contributed by atoms with E-state index >= 15 is 0 Å². The van der Waals surface area contributed by atoms with Crippen LogP contribution >= 0.6 is 23.5 Å². The highest BCUT2D eigenvalue weighted by molar-refractivity contribution is 8.00. The average molecular weight is 825 g/mol. The maximum absolute atomic E-state index is 2.46. The van der Waals surface area contributed by atoms with Gasteiger partial charge in [0.05, 0.1) is 22.7 Å². The molecule has 0 aromatic heterocycles. The maximum Gasteiger partial charge on any atom is 0.0601 e.